The van der Waals surface area contributed by atoms with Gasteiger partial charge in [0.1, 0.15) is 0 Å². The molecule has 3 aromatic rings. The largest absolute Gasteiger partial charge is 0.469 e. The predicted octanol–water partition coefficient (Wildman–Crippen LogP) is 7.30. The van der Waals surface area contributed by atoms with Gasteiger partial charge in [0.25, 0.3) is 0 Å². The number of benzene rings is 3. The maximum atomic E-state index is 12.5. The molecule has 5 heteroatoms. The first-order valence-electron chi connectivity index (χ1n) is 14.0. The minimum Gasteiger partial charge on any atom is -0.469 e. The Hall–Kier alpha value is -2.48. The molecule has 0 radical (unpaired) electrons. The minimum atomic E-state index is -1.91. The molecule has 3 aromatic carbocycles. The lowest BCUT2D eigenvalue weighted by molar-refractivity contribution is -0.140. The molecule has 0 saturated heterocycles. The van der Waals surface area contributed by atoms with Crippen LogP contribution >= 0.6 is 0 Å². The Bertz CT molecular complexity index is 1100. The van der Waals surface area contributed by atoms with Crippen molar-refractivity contribution in [2.75, 3.05) is 7.11 Å². The maximum absolute atomic E-state index is 12.5. The van der Waals surface area contributed by atoms with Crippen LogP contribution in [-0.2, 0) is 20.9 Å². The number of rotatable bonds is 14. The molecule has 0 N–H and O–H groups in total. The van der Waals surface area contributed by atoms with E-state index in [2.05, 4.69) is 118 Å². The third-order valence-electron chi connectivity index (χ3n) is 8.57. The fourth-order valence-corrected chi connectivity index (χ4v) is 12.1. The van der Waals surface area contributed by atoms with Crippen LogP contribution in [0.3, 0.4) is 0 Å². The molecule has 0 unspecified atom stereocenters. The lowest BCUT2D eigenvalue weighted by atomic mass is 10.1. The minimum absolute atomic E-state index is 0.0952. The van der Waals surface area contributed by atoms with E-state index < -0.39 is 16.1 Å². The standard InChI is InChI=1S/C33H46O3Si2/c1-27(36-26-28-16-10-7-11-17-28)24-31(37(3,4)29-18-12-8-13-19-29)22-23-32(25-33(34)35-2)38(5,6)30-20-14-9-15-21-30/h7-21,27,31-32H,22-26H2,1-6H3/t27-,31+,32+/m1/s1. The van der Waals surface area contributed by atoms with Gasteiger partial charge < -0.3 is 9.47 Å². The molecule has 0 amide bonds. The molecule has 204 valence electrons. The molecular weight excluding hydrogens is 501 g/mol. The zero-order valence-electron chi connectivity index (χ0n) is 24.2. The van der Waals surface area contributed by atoms with Crippen LogP contribution in [0.15, 0.2) is 91.0 Å². The van der Waals surface area contributed by atoms with E-state index in [4.69, 9.17) is 9.47 Å². The number of ether oxygens (including phenoxy) is 2. The Balaban J connectivity index is 1.82. The summed E-state index contributed by atoms with van der Waals surface area (Å²) in [6, 6.07) is 32.3. The lowest BCUT2D eigenvalue weighted by Gasteiger charge is -2.38. The summed E-state index contributed by atoms with van der Waals surface area (Å²) in [7, 11) is -2.21. The molecule has 0 aromatic heterocycles. The molecule has 0 fully saturated rings. The van der Waals surface area contributed by atoms with E-state index in [1.54, 1.807) is 0 Å². The predicted molar refractivity (Wildman–Crippen MR) is 166 cm³/mol. The molecule has 3 rings (SSSR count). The van der Waals surface area contributed by atoms with Gasteiger partial charge in [0, 0.05) is 6.42 Å². The molecule has 0 aliphatic rings. The van der Waals surface area contributed by atoms with Crippen molar-refractivity contribution < 1.29 is 14.3 Å². The van der Waals surface area contributed by atoms with Crippen molar-refractivity contribution in [3.63, 3.8) is 0 Å². The lowest BCUT2D eigenvalue weighted by Crippen LogP contribution is -2.49. The second-order valence-corrected chi connectivity index (χ2v) is 21.4. The third-order valence-corrected chi connectivity index (χ3v) is 17.3. The van der Waals surface area contributed by atoms with Gasteiger partial charge in [0.2, 0.25) is 0 Å². The Labute approximate surface area is 232 Å². The molecule has 0 saturated carbocycles. The van der Waals surface area contributed by atoms with E-state index in [0.717, 1.165) is 19.3 Å². The number of methoxy groups -OCH3 is 1. The Morgan fingerprint density at radius 2 is 1.16 bits per heavy atom. The van der Waals surface area contributed by atoms with E-state index in [1.807, 2.05) is 6.07 Å². The summed E-state index contributed by atoms with van der Waals surface area (Å²) < 4.78 is 11.5. The molecule has 3 atom stereocenters. The molecule has 0 spiro atoms. The van der Waals surface area contributed by atoms with Gasteiger partial charge in [-0.25, -0.2) is 0 Å². The van der Waals surface area contributed by atoms with Crippen molar-refractivity contribution in [2.24, 2.45) is 0 Å². The summed E-state index contributed by atoms with van der Waals surface area (Å²) in [5, 5.41) is 2.90. The number of carbonyl (C=O) groups is 1. The van der Waals surface area contributed by atoms with Crippen LogP contribution in [0, 0.1) is 0 Å². The SMILES string of the molecule is COC(=O)C[C@H](CC[C@@H](C[C@@H](C)OCc1ccccc1)[Si](C)(C)c1ccccc1)[Si](C)(C)c1ccccc1. The second-order valence-electron chi connectivity index (χ2n) is 11.8. The normalized spacial score (nSPS) is 14.5. The fraction of sp³-hybridized carbons (Fsp3) is 0.424. The Morgan fingerprint density at radius 3 is 1.66 bits per heavy atom. The molecule has 0 aliphatic heterocycles. The van der Waals surface area contributed by atoms with Crippen LogP contribution in [0.5, 0.6) is 0 Å². The first-order chi connectivity index (χ1) is 18.1. The van der Waals surface area contributed by atoms with Crippen molar-refractivity contribution in [2.45, 2.75) is 82.6 Å². The number of hydrogen-bond acceptors (Lipinski definition) is 3. The van der Waals surface area contributed by atoms with Gasteiger partial charge in [-0.3, -0.25) is 4.79 Å². The van der Waals surface area contributed by atoms with Gasteiger partial charge in [0.15, 0.2) is 0 Å². The first kappa shape index (κ1) is 30.1. The Kier molecular flexibility index (Phi) is 11.1. The smallest absolute Gasteiger partial charge is 0.305 e. The molecule has 0 bridgehead atoms. The van der Waals surface area contributed by atoms with E-state index in [1.165, 1.54) is 23.0 Å². The molecule has 38 heavy (non-hydrogen) atoms. The van der Waals surface area contributed by atoms with Gasteiger partial charge in [0.05, 0.1) is 36.0 Å². The van der Waals surface area contributed by atoms with Crippen LogP contribution in [0.2, 0.25) is 37.3 Å². The summed E-state index contributed by atoms with van der Waals surface area (Å²) in [5.74, 6) is -0.0952. The van der Waals surface area contributed by atoms with Crippen LogP contribution in [0.25, 0.3) is 0 Å². The summed E-state index contributed by atoms with van der Waals surface area (Å²) in [4.78, 5) is 12.5. The topological polar surface area (TPSA) is 35.5 Å². The van der Waals surface area contributed by atoms with Gasteiger partial charge >= 0.3 is 5.97 Å². The average molecular weight is 547 g/mol. The van der Waals surface area contributed by atoms with Gasteiger partial charge in [-0.1, -0.05) is 140 Å². The number of hydrogen-bond donors (Lipinski definition) is 0. The molecule has 0 aliphatic carbocycles. The molecular formula is C33H46O3Si2. The number of carbonyl (C=O) groups excluding carboxylic acids is 1. The van der Waals surface area contributed by atoms with Gasteiger partial charge in [-0.05, 0) is 30.0 Å². The van der Waals surface area contributed by atoms with Gasteiger partial charge in [-0.2, -0.15) is 0 Å². The fourth-order valence-electron chi connectivity index (χ4n) is 5.67. The molecule has 0 heterocycles. The van der Waals surface area contributed by atoms with Crippen molar-refractivity contribution in [3.05, 3.63) is 96.6 Å². The van der Waals surface area contributed by atoms with E-state index in [-0.39, 0.29) is 12.1 Å². The van der Waals surface area contributed by atoms with Crippen molar-refractivity contribution in [1.29, 1.82) is 0 Å². The van der Waals surface area contributed by atoms with E-state index in [0.29, 0.717) is 24.1 Å². The summed E-state index contributed by atoms with van der Waals surface area (Å²) in [5.41, 5.74) is 2.07. The highest BCUT2D eigenvalue weighted by Gasteiger charge is 2.39. The first-order valence-corrected chi connectivity index (χ1v) is 20.1. The summed E-state index contributed by atoms with van der Waals surface area (Å²) >= 11 is 0. The van der Waals surface area contributed by atoms with Crippen molar-refractivity contribution >= 4 is 32.5 Å². The molecule has 3 nitrogen and oxygen atoms in total. The van der Waals surface area contributed by atoms with Crippen molar-refractivity contribution in [3.8, 4) is 0 Å². The third kappa shape index (κ3) is 8.26. The average Bonchev–Trinajstić information content (AvgIpc) is 2.94. The van der Waals surface area contributed by atoms with Crippen molar-refractivity contribution in [1.82, 2.24) is 0 Å². The summed E-state index contributed by atoms with van der Waals surface area (Å²) in [6.45, 7) is 12.7. The maximum Gasteiger partial charge on any atom is 0.305 e. The zero-order chi connectivity index (χ0) is 27.6. The monoisotopic (exact) mass is 546 g/mol. The van der Waals surface area contributed by atoms with Crippen LogP contribution in [-0.4, -0.2) is 35.3 Å². The van der Waals surface area contributed by atoms with Crippen LogP contribution < -0.4 is 10.4 Å². The highest BCUT2D eigenvalue weighted by Crippen LogP contribution is 2.39. The summed E-state index contributed by atoms with van der Waals surface area (Å²) in [6.07, 6.45) is 3.80. The number of esters is 1. The quantitative estimate of drug-likeness (QED) is 0.157. The zero-order valence-corrected chi connectivity index (χ0v) is 26.2. The highest BCUT2D eigenvalue weighted by atomic mass is 28.3. The second kappa shape index (κ2) is 14.1. The van der Waals surface area contributed by atoms with E-state index in [9.17, 15) is 4.79 Å². The van der Waals surface area contributed by atoms with Crippen LogP contribution in [0.4, 0.5) is 0 Å². The van der Waals surface area contributed by atoms with Crippen LogP contribution in [0.1, 0.15) is 38.2 Å². The Morgan fingerprint density at radius 1 is 0.711 bits per heavy atom. The van der Waals surface area contributed by atoms with Gasteiger partial charge in [-0.15, -0.1) is 0 Å². The highest BCUT2D eigenvalue weighted by molar-refractivity contribution is 6.91. The van der Waals surface area contributed by atoms with E-state index >= 15 is 0 Å².